The first-order valence-corrected chi connectivity index (χ1v) is 27.1. The molecule has 70 heavy (non-hydrogen) atoms. The van der Waals surface area contributed by atoms with Crippen molar-refractivity contribution in [2.45, 2.75) is 58.5 Å². The minimum absolute atomic E-state index is 0.135. The lowest BCUT2D eigenvalue weighted by atomic mass is 9.97. The fourth-order valence-corrected chi connectivity index (χ4v) is 12.2. The van der Waals surface area contributed by atoms with Gasteiger partial charge in [-0.2, -0.15) is 18.4 Å². The third kappa shape index (κ3) is 11.4. The van der Waals surface area contributed by atoms with Crippen LogP contribution >= 0.6 is 23.4 Å². The number of aliphatic hydroxyl groups is 1. The lowest BCUT2D eigenvalue weighted by molar-refractivity contribution is -0.0435. The van der Waals surface area contributed by atoms with Crippen molar-refractivity contribution in [3.63, 3.8) is 0 Å². The summed E-state index contributed by atoms with van der Waals surface area (Å²) in [6.45, 7) is 6.42. The highest BCUT2D eigenvalue weighted by Crippen LogP contribution is 2.41. The number of nitrogens with one attached hydrogen (secondary N) is 2. The topological polar surface area (TPSA) is 151 Å². The fourth-order valence-electron chi connectivity index (χ4n) is 8.95. The summed E-state index contributed by atoms with van der Waals surface area (Å²) in [5.74, 6) is 0.375. The Balaban J connectivity index is 0.956. The molecule has 6 aromatic rings. The van der Waals surface area contributed by atoms with E-state index in [2.05, 4.69) is 36.9 Å². The van der Waals surface area contributed by atoms with E-state index in [4.69, 9.17) is 11.6 Å². The van der Waals surface area contributed by atoms with E-state index >= 15 is 0 Å². The van der Waals surface area contributed by atoms with E-state index in [1.54, 1.807) is 24.3 Å². The number of anilines is 4. The highest BCUT2D eigenvalue weighted by atomic mass is 35.5. The van der Waals surface area contributed by atoms with Gasteiger partial charge < -0.3 is 29.7 Å². The number of hydrogen-bond donors (Lipinski definition) is 3. The van der Waals surface area contributed by atoms with Crippen LogP contribution in [-0.2, 0) is 26.9 Å². The summed E-state index contributed by atoms with van der Waals surface area (Å²) in [6, 6.07) is 36.4. The summed E-state index contributed by atoms with van der Waals surface area (Å²) >= 11 is 7.67. The van der Waals surface area contributed by atoms with Crippen LogP contribution in [-0.4, -0.2) is 101 Å². The number of rotatable bonds is 16. The van der Waals surface area contributed by atoms with E-state index in [0.717, 1.165) is 56.5 Å². The van der Waals surface area contributed by atoms with Crippen LogP contribution in [0.1, 0.15) is 30.5 Å². The highest BCUT2D eigenvalue weighted by Gasteiger charge is 2.48. The molecule has 3 N–H and O–H groups in total. The quantitative estimate of drug-likeness (QED) is 0.0795. The molecule has 19 heteroatoms. The van der Waals surface area contributed by atoms with Crippen molar-refractivity contribution >= 4 is 66.0 Å². The first-order valence-electron chi connectivity index (χ1n) is 22.8. The Morgan fingerprint density at radius 2 is 1.47 bits per heavy atom. The van der Waals surface area contributed by atoms with Gasteiger partial charge in [0, 0.05) is 103 Å². The van der Waals surface area contributed by atoms with E-state index in [9.17, 15) is 40.4 Å². The molecule has 2 aliphatic heterocycles. The van der Waals surface area contributed by atoms with Crippen molar-refractivity contribution in [2.24, 2.45) is 7.05 Å². The van der Waals surface area contributed by atoms with Crippen molar-refractivity contribution in [3.8, 4) is 28.5 Å². The first kappa shape index (κ1) is 50.7. The molecular formula is C51H53ClF3N7O5S3. The van der Waals surface area contributed by atoms with Crippen molar-refractivity contribution in [1.82, 2.24) is 9.47 Å². The van der Waals surface area contributed by atoms with Gasteiger partial charge in [-0.25, -0.2) is 16.8 Å². The summed E-state index contributed by atoms with van der Waals surface area (Å²) in [7, 11) is -8.64. The van der Waals surface area contributed by atoms with Gasteiger partial charge in [0.15, 0.2) is 0 Å². The second-order valence-electron chi connectivity index (χ2n) is 17.5. The van der Waals surface area contributed by atoms with Crippen LogP contribution in [0.5, 0.6) is 0 Å². The summed E-state index contributed by atoms with van der Waals surface area (Å²) < 4.78 is 101. The number of piperidine rings is 1. The van der Waals surface area contributed by atoms with Gasteiger partial charge in [-0.15, -0.1) is 11.8 Å². The maximum atomic E-state index is 14.3. The third-order valence-corrected chi connectivity index (χ3v) is 17.3. The second-order valence-corrected chi connectivity index (χ2v) is 22.6. The molecule has 0 spiro atoms. The maximum Gasteiger partial charge on any atom is 0.501 e. The minimum Gasteiger partial charge on any atom is -0.393 e. The SMILES string of the molecule is Cc1c(C#N)c(-c2cccc(N3CCN(c4ccc(NS(=O)(=O)c5ccc(NC(CCN6CCC(O)CC6)CSc6ccccc6)c(S(=O)(=O)C(F)(F)F)c5)cc4)CC3)c2)c(-c2ccc(Cl)cc2)n1C. The number of thioether (sulfide) groups is 1. The van der Waals surface area contributed by atoms with Crippen molar-refractivity contribution in [3.05, 3.63) is 138 Å². The molecule has 2 aliphatic rings. The molecule has 1 unspecified atom stereocenters. The zero-order valence-corrected chi connectivity index (χ0v) is 41.7. The van der Waals surface area contributed by atoms with Crippen LogP contribution in [0.2, 0.25) is 5.02 Å². The standard InChI is InChI=1S/C51H53ClF3N7O5S3/c1-35-46(33-56)49(50(59(35)2)36-11-13-38(52)14-12-36)37-7-6-8-42(31-37)62-29-27-61(28-30-62)41-17-15-39(16-18-41)58-70(66,67)45-19-20-47(48(32-45)69(64,65)51(53,54)55)57-40(34-68-44-9-4-3-5-10-44)21-24-60-25-22-43(63)23-26-60/h3-20,31-32,40,43,57-58,63H,21-30,34H2,1-2H3. The summed E-state index contributed by atoms with van der Waals surface area (Å²) in [4.78, 5) is 5.65. The molecule has 0 bridgehead atoms. The van der Waals surface area contributed by atoms with Crippen molar-refractivity contribution in [2.75, 3.05) is 71.4 Å². The molecule has 0 saturated carbocycles. The number of sulfonamides is 1. The van der Waals surface area contributed by atoms with Crippen LogP contribution < -0.4 is 19.8 Å². The second kappa shape index (κ2) is 21.4. The van der Waals surface area contributed by atoms with E-state index in [0.29, 0.717) is 87.5 Å². The Labute approximate surface area is 416 Å². The lowest BCUT2D eigenvalue weighted by Crippen LogP contribution is -2.46. The van der Waals surface area contributed by atoms with Crippen molar-refractivity contribution < 1.29 is 35.1 Å². The molecule has 0 aliphatic carbocycles. The molecule has 368 valence electrons. The number of likely N-dealkylation sites (tertiary alicyclic amines) is 1. The number of aromatic nitrogens is 1. The smallest absolute Gasteiger partial charge is 0.393 e. The van der Waals surface area contributed by atoms with E-state index in [1.165, 1.54) is 11.8 Å². The zero-order chi connectivity index (χ0) is 49.8. The number of nitriles is 1. The number of alkyl halides is 3. The number of hydrogen-bond acceptors (Lipinski definition) is 11. The van der Waals surface area contributed by atoms with Gasteiger partial charge in [0.1, 0.15) is 11.0 Å². The van der Waals surface area contributed by atoms with Crippen LogP contribution in [0.4, 0.5) is 35.9 Å². The van der Waals surface area contributed by atoms with Gasteiger partial charge in [-0.1, -0.05) is 54.1 Å². The lowest BCUT2D eigenvalue weighted by Gasteiger charge is -2.37. The van der Waals surface area contributed by atoms with Gasteiger partial charge >= 0.3 is 5.51 Å². The van der Waals surface area contributed by atoms with Crippen LogP contribution in [0, 0.1) is 18.3 Å². The van der Waals surface area contributed by atoms with Crippen molar-refractivity contribution in [1.29, 1.82) is 5.26 Å². The van der Waals surface area contributed by atoms with E-state index in [-0.39, 0.29) is 17.5 Å². The number of piperazine rings is 1. The number of halogens is 4. The maximum absolute atomic E-state index is 14.3. The molecule has 8 rings (SSSR count). The average molecular weight is 1030 g/mol. The third-order valence-electron chi connectivity index (χ3n) is 12.9. The Hall–Kier alpha value is -5.68. The fraction of sp³-hybridized carbons (Fsp3) is 0.314. The number of benzene rings is 5. The van der Waals surface area contributed by atoms with E-state index in [1.807, 2.05) is 91.3 Å². The molecular weight excluding hydrogens is 979 g/mol. The Kier molecular flexibility index (Phi) is 15.5. The Morgan fingerprint density at radius 3 is 2.11 bits per heavy atom. The average Bonchev–Trinajstić information content (AvgIpc) is 3.61. The van der Waals surface area contributed by atoms with Gasteiger partial charge in [0.05, 0.1) is 27.9 Å². The summed E-state index contributed by atoms with van der Waals surface area (Å²) in [5.41, 5.74) is 0.983. The Morgan fingerprint density at radius 1 is 0.814 bits per heavy atom. The first-order chi connectivity index (χ1) is 33.4. The predicted octanol–water partition coefficient (Wildman–Crippen LogP) is 10.0. The van der Waals surface area contributed by atoms with Crippen LogP contribution in [0.3, 0.4) is 0 Å². The monoisotopic (exact) mass is 1030 g/mol. The number of aliphatic hydroxyl groups excluding tert-OH is 1. The normalized spacial score (nSPS) is 15.7. The zero-order valence-electron chi connectivity index (χ0n) is 38.5. The minimum atomic E-state index is -6.01. The Bertz CT molecular complexity index is 3060. The van der Waals surface area contributed by atoms with Gasteiger partial charge in [-0.3, -0.25) is 4.72 Å². The summed E-state index contributed by atoms with van der Waals surface area (Å²) in [5, 5.41) is 23.9. The van der Waals surface area contributed by atoms with Crippen LogP contribution in [0.25, 0.3) is 22.4 Å². The van der Waals surface area contributed by atoms with Gasteiger partial charge in [0.25, 0.3) is 19.9 Å². The predicted molar refractivity (Wildman–Crippen MR) is 273 cm³/mol. The summed E-state index contributed by atoms with van der Waals surface area (Å²) in [6.07, 6.45) is 1.26. The largest absolute Gasteiger partial charge is 0.501 e. The molecule has 3 heterocycles. The van der Waals surface area contributed by atoms with Crippen LogP contribution in [0.15, 0.2) is 136 Å². The molecule has 2 fully saturated rings. The molecule has 0 amide bonds. The number of nitrogens with zero attached hydrogens (tertiary/aromatic N) is 5. The number of sulfone groups is 1. The van der Waals surface area contributed by atoms with E-state index < -0.39 is 41.2 Å². The molecule has 1 atom stereocenters. The molecule has 5 aromatic carbocycles. The molecule has 12 nitrogen and oxygen atoms in total. The van der Waals surface area contributed by atoms with Gasteiger partial charge in [0.2, 0.25) is 0 Å². The molecule has 2 saturated heterocycles. The van der Waals surface area contributed by atoms with Gasteiger partial charge in [-0.05, 0) is 116 Å². The highest BCUT2D eigenvalue weighted by molar-refractivity contribution is 7.99. The molecule has 1 aromatic heterocycles. The molecule has 0 radical (unpaired) electrons.